The Morgan fingerprint density at radius 3 is 0.722 bits per heavy atom. The van der Waals surface area contributed by atoms with Crippen molar-refractivity contribution in [1.29, 1.82) is 0 Å². The van der Waals surface area contributed by atoms with E-state index in [0.29, 0.717) is 0 Å². The van der Waals surface area contributed by atoms with Gasteiger partial charge in [0.1, 0.15) is 0 Å². The lowest BCUT2D eigenvalue weighted by Crippen LogP contribution is -2.25. The topological polar surface area (TPSA) is 0 Å². The Balaban J connectivity index is 0.000000208. The molecule has 0 amide bonds. The van der Waals surface area contributed by atoms with Crippen LogP contribution in [0.15, 0.2) is 72.8 Å². The molecule has 0 spiro atoms. The van der Waals surface area contributed by atoms with Crippen LogP contribution in [0.2, 0.25) is 0 Å². The number of rotatable bonds is 20. The molecule has 0 saturated heterocycles. The van der Waals surface area contributed by atoms with Gasteiger partial charge in [-0.1, -0.05) is 225 Å². The first-order valence-electron chi connectivity index (χ1n) is 22.7. The lowest BCUT2D eigenvalue weighted by Gasteiger charge is -2.33. The van der Waals surface area contributed by atoms with Gasteiger partial charge in [-0.15, -0.1) is 0 Å². The molecule has 4 aromatic rings. The van der Waals surface area contributed by atoms with E-state index in [1.54, 1.807) is 22.3 Å². The molecule has 0 fully saturated rings. The van der Waals surface area contributed by atoms with Gasteiger partial charge >= 0.3 is 0 Å². The average molecular weight is 725 g/mol. The highest BCUT2D eigenvalue weighted by atomic mass is 14.5. The van der Waals surface area contributed by atoms with Gasteiger partial charge in [0.05, 0.1) is 0 Å². The molecule has 2 aliphatic rings. The lowest BCUT2D eigenvalue weighted by molar-refractivity contribution is 0.400. The first kappa shape index (κ1) is 42.0. The number of fused-ring (bicyclic) bond motifs is 6. The van der Waals surface area contributed by atoms with Crippen molar-refractivity contribution in [1.82, 2.24) is 0 Å². The van der Waals surface area contributed by atoms with Crippen molar-refractivity contribution in [2.45, 2.75) is 195 Å². The van der Waals surface area contributed by atoms with Crippen LogP contribution in [0.5, 0.6) is 0 Å². The van der Waals surface area contributed by atoms with E-state index in [9.17, 15) is 0 Å². The summed E-state index contributed by atoms with van der Waals surface area (Å²) < 4.78 is 0. The highest BCUT2D eigenvalue weighted by Crippen LogP contribution is 2.56. The fourth-order valence-electron chi connectivity index (χ4n) is 10.2. The van der Waals surface area contributed by atoms with Gasteiger partial charge in [0.2, 0.25) is 0 Å². The Morgan fingerprint density at radius 1 is 0.296 bits per heavy atom. The smallest absolute Gasteiger partial charge is 0.0215 e. The summed E-state index contributed by atoms with van der Waals surface area (Å²) >= 11 is 0. The Labute approximate surface area is 333 Å². The van der Waals surface area contributed by atoms with Gasteiger partial charge in [0.25, 0.3) is 0 Å². The van der Waals surface area contributed by atoms with Crippen molar-refractivity contribution in [3.63, 3.8) is 0 Å². The number of hydrogen-bond acceptors (Lipinski definition) is 0. The van der Waals surface area contributed by atoms with E-state index in [1.807, 2.05) is 0 Å². The summed E-state index contributed by atoms with van der Waals surface area (Å²) in [4.78, 5) is 0. The van der Waals surface area contributed by atoms with E-state index in [1.165, 1.54) is 173 Å². The van der Waals surface area contributed by atoms with E-state index < -0.39 is 0 Å². The molecule has 0 radical (unpaired) electrons. The van der Waals surface area contributed by atoms with Gasteiger partial charge < -0.3 is 0 Å². The van der Waals surface area contributed by atoms with Gasteiger partial charge in [-0.25, -0.2) is 0 Å². The third kappa shape index (κ3) is 9.45. The molecule has 292 valence electrons. The molecule has 0 bridgehead atoms. The summed E-state index contributed by atoms with van der Waals surface area (Å²) in [5.41, 5.74) is 18.6. The first-order valence-corrected chi connectivity index (χ1v) is 22.7. The maximum atomic E-state index is 2.50. The maximum absolute atomic E-state index is 2.50. The molecular weight excluding hydrogens is 649 g/mol. The Kier molecular flexibility index (Phi) is 15.7. The third-order valence-electron chi connectivity index (χ3n) is 13.2. The zero-order chi connectivity index (χ0) is 38.6. The van der Waals surface area contributed by atoms with Crippen molar-refractivity contribution in [3.8, 4) is 22.3 Å². The van der Waals surface area contributed by atoms with Crippen molar-refractivity contribution in [3.05, 3.63) is 117 Å². The van der Waals surface area contributed by atoms with Crippen LogP contribution in [-0.2, 0) is 10.8 Å². The van der Waals surface area contributed by atoms with Crippen LogP contribution in [0.25, 0.3) is 22.3 Å². The number of benzene rings is 4. The van der Waals surface area contributed by atoms with Crippen LogP contribution < -0.4 is 0 Å². The summed E-state index contributed by atoms with van der Waals surface area (Å²) in [6.07, 6.45) is 26.9. The van der Waals surface area contributed by atoms with Gasteiger partial charge in [-0.2, -0.15) is 0 Å². The summed E-state index contributed by atoms with van der Waals surface area (Å²) in [7, 11) is 0. The molecular formula is C54H76. The SMILES string of the molecule is CCCCCCC1(CCCCCC)c2cc(C)ccc2-c2ccc(C)cc21.CCCCCCC1(CCCCCC)c2cc(C)ccc2-c2ccc(C)cc21. The summed E-state index contributed by atoms with van der Waals surface area (Å²) in [6, 6.07) is 28.8. The van der Waals surface area contributed by atoms with Crippen LogP contribution >= 0.6 is 0 Å². The zero-order valence-corrected chi connectivity index (χ0v) is 36.1. The molecule has 4 aromatic carbocycles. The normalized spacial score (nSPS) is 14.2. The minimum Gasteiger partial charge on any atom is -0.0654 e. The van der Waals surface area contributed by atoms with Crippen LogP contribution in [-0.4, -0.2) is 0 Å². The largest absolute Gasteiger partial charge is 0.0654 e. The van der Waals surface area contributed by atoms with Crippen LogP contribution in [0.4, 0.5) is 0 Å². The molecule has 0 heteroatoms. The Hall–Kier alpha value is -3.12. The second-order valence-electron chi connectivity index (χ2n) is 17.6. The van der Waals surface area contributed by atoms with Gasteiger partial charge in [0.15, 0.2) is 0 Å². The predicted octanol–water partition coefficient (Wildman–Crippen LogP) is 17.0. The monoisotopic (exact) mass is 725 g/mol. The summed E-state index contributed by atoms with van der Waals surface area (Å²) in [5, 5.41) is 0. The minimum atomic E-state index is 0.240. The summed E-state index contributed by atoms with van der Waals surface area (Å²) in [5.74, 6) is 0. The van der Waals surface area contributed by atoms with Crippen molar-refractivity contribution in [2.75, 3.05) is 0 Å². The average Bonchev–Trinajstić information content (AvgIpc) is 3.57. The molecule has 6 rings (SSSR count). The van der Waals surface area contributed by atoms with E-state index >= 15 is 0 Å². The second kappa shape index (κ2) is 20.2. The highest BCUT2D eigenvalue weighted by Gasteiger charge is 2.43. The number of aryl methyl sites for hydroxylation is 4. The van der Waals surface area contributed by atoms with Gasteiger partial charge in [-0.3, -0.25) is 0 Å². The van der Waals surface area contributed by atoms with Crippen molar-refractivity contribution in [2.24, 2.45) is 0 Å². The Bertz CT molecular complexity index is 1510. The molecule has 0 nitrogen and oxygen atoms in total. The molecule has 54 heavy (non-hydrogen) atoms. The van der Waals surface area contributed by atoms with Gasteiger partial charge in [0, 0.05) is 10.8 Å². The summed E-state index contributed by atoms with van der Waals surface area (Å²) in [6.45, 7) is 18.3. The van der Waals surface area contributed by atoms with E-state index in [2.05, 4.69) is 128 Å². The molecule has 0 aliphatic heterocycles. The maximum Gasteiger partial charge on any atom is 0.0215 e. The van der Waals surface area contributed by atoms with Crippen molar-refractivity contribution >= 4 is 0 Å². The molecule has 0 atom stereocenters. The van der Waals surface area contributed by atoms with E-state index in [-0.39, 0.29) is 10.8 Å². The molecule has 0 unspecified atom stereocenters. The predicted molar refractivity (Wildman–Crippen MR) is 239 cm³/mol. The second-order valence-corrected chi connectivity index (χ2v) is 17.6. The third-order valence-corrected chi connectivity index (χ3v) is 13.2. The standard InChI is InChI=1S/2C27H38/c2*1-5-7-9-11-17-27(18-12-10-8-6-2)25-19-21(3)13-15-23(25)24-16-14-22(4)20-26(24)27/h2*13-16,19-20H,5-12,17-18H2,1-4H3. The van der Waals surface area contributed by atoms with E-state index in [0.717, 1.165) is 0 Å². The molecule has 0 N–H and O–H groups in total. The quantitative estimate of drug-likeness (QED) is 0.0796. The van der Waals surface area contributed by atoms with Crippen LogP contribution in [0.3, 0.4) is 0 Å². The van der Waals surface area contributed by atoms with Crippen molar-refractivity contribution < 1.29 is 0 Å². The fourth-order valence-corrected chi connectivity index (χ4v) is 10.2. The van der Waals surface area contributed by atoms with Crippen LogP contribution in [0.1, 0.15) is 201 Å². The Morgan fingerprint density at radius 2 is 0.519 bits per heavy atom. The van der Waals surface area contributed by atoms with E-state index in [4.69, 9.17) is 0 Å². The van der Waals surface area contributed by atoms with Gasteiger partial charge in [-0.05, 0) is 97.9 Å². The molecule has 0 aromatic heterocycles. The molecule has 2 aliphatic carbocycles. The lowest BCUT2D eigenvalue weighted by atomic mass is 9.70. The number of unbranched alkanes of at least 4 members (excludes halogenated alkanes) is 12. The van der Waals surface area contributed by atoms with Crippen LogP contribution in [0, 0.1) is 27.7 Å². The fraction of sp³-hybridized carbons (Fsp3) is 0.556. The molecule has 0 saturated carbocycles. The number of hydrogen-bond donors (Lipinski definition) is 0. The molecule has 0 heterocycles. The zero-order valence-electron chi connectivity index (χ0n) is 36.1. The first-order chi connectivity index (χ1) is 26.2. The minimum absolute atomic E-state index is 0.240. The highest BCUT2D eigenvalue weighted by molar-refractivity contribution is 5.82.